The first kappa shape index (κ1) is 21.8. The molecular weight excluding hydrogens is 463 g/mol. The number of carbonyl (C=O) groups excluding carboxylic acids is 1. The van der Waals surface area contributed by atoms with Crippen molar-refractivity contribution >= 4 is 22.7 Å². The number of fused-ring (bicyclic) bond motifs is 2. The summed E-state index contributed by atoms with van der Waals surface area (Å²) in [7, 11) is 0. The van der Waals surface area contributed by atoms with Crippen LogP contribution in [0.25, 0.3) is 11.0 Å². The molecule has 0 bridgehead atoms. The predicted molar refractivity (Wildman–Crippen MR) is 130 cm³/mol. The molecule has 1 aliphatic heterocycles. The second-order valence-corrected chi connectivity index (χ2v) is 8.53. The molecule has 2 aromatic heterocycles. The van der Waals surface area contributed by atoms with Crippen LogP contribution in [0.1, 0.15) is 39.0 Å². The fraction of sp³-hybridized carbons (Fsp3) is 0.107. The summed E-state index contributed by atoms with van der Waals surface area (Å²) in [4.78, 5) is 28.5. The highest BCUT2D eigenvalue weighted by Crippen LogP contribution is 2.41. The monoisotopic (exact) mass is 482 g/mol. The minimum absolute atomic E-state index is 0.0567. The molecule has 1 aliphatic rings. The van der Waals surface area contributed by atoms with E-state index in [9.17, 15) is 14.0 Å². The molecule has 1 unspecified atom stereocenters. The average molecular weight is 482 g/mol. The summed E-state index contributed by atoms with van der Waals surface area (Å²) in [6.45, 7) is 2.06. The van der Waals surface area contributed by atoms with E-state index >= 15 is 0 Å². The second kappa shape index (κ2) is 8.49. The minimum atomic E-state index is -0.874. The van der Waals surface area contributed by atoms with Gasteiger partial charge in [-0.25, -0.2) is 4.39 Å². The molecule has 36 heavy (non-hydrogen) atoms. The van der Waals surface area contributed by atoms with Crippen LogP contribution in [0.3, 0.4) is 0 Å². The Kier molecular flexibility index (Phi) is 5.14. The van der Waals surface area contributed by atoms with Gasteiger partial charge in [-0.3, -0.25) is 14.5 Å². The molecule has 1 amide bonds. The average Bonchev–Trinajstić information content (AvgIpc) is 3.45. The van der Waals surface area contributed by atoms with Gasteiger partial charge in [0, 0.05) is 6.07 Å². The summed E-state index contributed by atoms with van der Waals surface area (Å²) in [5.74, 6) is 0.0707. The molecule has 3 heterocycles. The van der Waals surface area contributed by atoms with Gasteiger partial charge in [-0.05, 0) is 48.4 Å². The maximum absolute atomic E-state index is 14.0. The first-order valence-electron chi connectivity index (χ1n) is 11.3. The number of benzene rings is 3. The highest BCUT2D eigenvalue weighted by molar-refractivity contribution is 6.10. The molecule has 7 nitrogen and oxygen atoms in total. The number of nitrogens with zero attached hydrogens (tertiary/aromatic N) is 2. The normalized spacial score (nSPS) is 14.9. The van der Waals surface area contributed by atoms with Crippen LogP contribution >= 0.6 is 0 Å². The van der Waals surface area contributed by atoms with Crippen LogP contribution in [0.2, 0.25) is 0 Å². The molecule has 1 atom stereocenters. The van der Waals surface area contributed by atoms with E-state index in [-0.39, 0.29) is 28.1 Å². The van der Waals surface area contributed by atoms with Crippen molar-refractivity contribution in [2.45, 2.75) is 19.6 Å². The van der Waals surface area contributed by atoms with Crippen molar-refractivity contribution in [3.8, 4) is 5.75 Å². The van der Waals surface area contributed by atoms with Crippen molar-refractivity contribution in [3.63, 3.8) is 0 Å². The van der Waals surface area contributed by atoms with Crippen LogP contribution in [0.5, 0.6) is 5.75 Å². The number of aromatic nitrogens is 1. The Morgan fingerprint density at radius 3 is 2.61 bits per heavy atom. The molecule has 5 aromatic rings. The zero-order valence-electron chi connectivity index (χ0n) is 19.1. The van der Waals surface area contributed by atoms with Gasteiger partial charge in [-0.2, -0.15) is 0 Å². The lowest BCUT2D eigenvalue weighted by atomic mass is 9.98. The quantitative estimate of drug-likeness (QED) is 0.326. The first-order chi connectivity index (χ1) is 17.5. The van der Waals surface area contributed by atoms with E-state index < -0.39 is 23.2 Å². The van der Waals surface area contributed by atoms with Gasteiger partial charge < -0.3 is 13.7 Å². The number of amides is 1. The van der Waals surface area contributed by atoms with E-state index in [2.05, 4.69) is 5.16 Å². The molecule has 0 saturated carbocycles. The van der Waals surface area contributed by atoms with Gasteiger partial charge in [-0.15, -0.1) is 0 Å². The minimum Gasteiger partial charge on any atom is -0.489 e. The van der Waals surface area contributed by atoms with Crippen LogP contribution in [0, 0.1) is 12.7 Å². The Balaban J connectivity index is 1.49. The predicted octanol–water partition coefficient (Wildman–Crippen LogP) is 5.56. The molecule has 6 rings (SSSR count). The van der Waals surface area contributed by atoms with Gasteiger partial charge in [0.2, 0.25) is 5.76 Å². The fourth-order valence-corrected chi connectivity index (χ4v) is 4.48. The second-order valence-electron chi connectivity index (χ2n) is 8.53. The SMILES string of the molecule is Cc1cc(N2C(=O)c3oc4ccc(F)cc4c(=O)c3C2c2cccc(OCc3ccccc3)c2)no1. The topological polar surface area (TPSA) is 85.8 Å². The lowest BCUT2D eigenvalue weighted by Crippen LogP contribution is -2.29. The highest BCUT2D eigenvalue weighted by Gasteiger charge is 2.45. The number of carbonyl (C=O) groups is 1. The van der Waals surface area contributed by atoms with Crippen molar-refractivity contribution in [2.24, 2.45) is 0 Å². The van der Waals surface area contributed by atoms with Crippen molar-refractivity contribution < 1.29 is 22.9 Å². The van der Waals surface area contributed by atoms with Gasteiger partial charge in [-0.1, -0.05) is 47.6 Å². The largest absolute Gasteiger partial charge is 0.489 e. The van der Waals surface area contributed by atoms with E-state index in [0.29, 0.717) is 23.7 Å². The Labute approximate surface area is 204 Å². The lowest BCUT2D eigenvalue weighted by molar-refractivity contribution is 0.0969. The highest BCUT2D eigenvalue weighted by atomic mass is 19.1. The van der Waals surface area contributed by atoms with E-state index in [1.54, 1.807) is 37.3 Å². The zero-order valence-corrected chi connectivity index (χ0v) is 19.1. The summed E-state index contributed by atoms with van der Waals surface area (Å²) >= 11 is 0. The Hall–Kier alpha value is -4.72. The summed E-state index contributed by atoms with van der Waals surface area (Å²) < 4.78 is 31.0. The molecule has 0 aliphatic carbocycles. The van der Waals surface area contributed by atoms with Crippen molar-refractivity contribution in [1.82, 2.24) is 5.16 Å². The molecule has 0 fully saturated rings. The number of anilines is 1. The van der Waals surface area contributed by atoms with E-state index in [1.165, 1.54) is 17.0 Å². The number of hydrogen-bond acceptors (Lipinski definition) is 6. The maximum Gasteiger partial charge on any atom is 0.296 e. The molecule has 0 radical (unpaired) electrons. The first-order valence-corrected chi connectivity index (χ1v) is 11.3. The number of aryl methyl sites for hydroxylation is 1. The summed E-state index contributed by atoms with van der Waals surface area (Å²) in [6.07, 6.45) is 0. The molecule has 178 valence electrons. The summed E-state index contributed by atoms with van der Waals surface area (Å²) in [5, 5.41) is 4.07. The Morgan fingerprint density at radius 1 is 1.00 bits per heavy atom. The van der Waals surface area contributed by atoms with Gasteiger partial charge in [0.05, 0.1) is 17.0 Å². The third-order valence-electron chi connectivity index (χ3n) is 6.12. The number of hydrogen-bond donors (Lipinski definition) is 0. The van der Waals surface area contributed by atoms with Crippen molar-refractivity contribution in [2.75, 3.05) is 4.90 Å². The van der Waals surface area contributed by atoms with E-state index in [1.807, 2.05) is 30.3 Å². The third-order valence-corrected chi connectivity index (χ3v) is 6.12. The lowest BCUT2D eigenvalue weighted by Gasteiger charge is -2.22. The molecule has 3 aromatic carbocycles. The van der Waals surface area contributed by atoms with Crippen LogP contribution < -0.4 is 15.1 Å². The van der Waals surface area contributed by atoms with Crippen LogP contribution in [0.4, 0.5) is 10.2 Å². The van der Waals surface area contributed by atoms with Gasteiger partial charge in [0.25, 0.3) is 5.91 Å². The van der Waals surface area contributed by atoms with Gasteiger partial charge >= 0.3 is 0 Å². The van der Waals surface area contributed by atoms with Gasteiger partial charge in [0.1, 0.15) is 29.5 Å². The van der Waals surface area contributed by atoms with Gasteiger partial charge in [0.15, 0.2) is 11.2 Å². The van der Waals surface area contributed by atoms with Crippen LogP contribution in [0.15, 0.2) is 92.6 Å². The summed E-state index contributed by atoms with van der Waals surface area (Å²) in [5.41, 5.74) is 1.36. The Morgan fingerprint density at radius 2 is 1.83 bits per heavy atom. The van der Waals surface area contributed by atoms with Crippen LogP contribution in [-0.4, -0.2) is 11.1 Å². The third kappa shape index (κ3) is 3.63. The summed E-state index contributed by atoms with van der Waals surface area (Å²) in [6, 6.07) is 21.2. The number of halogens is 1. The number of rotatable bonds is 5. The van der Waals surface area contributed by atoms with Crippen LogP contribution in [-0.2, 0) is 6.61 Å². The standard InChI is InChI=1S/C28H19FN2O5/c1-16-12-23(30-36-16)31-25(18-8-5-9-20(13-18)34-15-17-6-3-2-4-7-17)24-26(32)21-14-19(29)10-11-22(21)35-27(24)28(31)33/h2-14,25H,15H2,1H3. The van der Waals surface area contributed by atoms with Crippen molar-refractivity contribution in [3.05, 3.63) is 123 Å². The molecule has 0 saturated heterocycles. The zero-order chi connectivity index (χ0) is 24.8. The van der Waals surface area contributed by atoms with Crippen molar-refractivity contribution in [1.29, 1.82) is 0 Å². The molecule has 0 N–H and O–H groups in total. The molecular formula is C28H19FN2O5. The van der Waals surface area contributed by atoms with E-state index in [0.717, 1.165) is 11.6 Å². The molecule has 0 spiro atoms. The smallest absolute Gasteiger partial charge is 0.296 e. The molecule has 8 heteroatoms. The maximum atomic E-state index is 14.0. The fourth-order valence-electron chi connectivity index (χ4n) is 4.48. The van der Waals surface area contributed by atoms with E-state index in [4.69, 9.17) is 13.7 Å². The number of ether oxygens (including phenoxy) is 1. The Bertz CT molecular complexity index is 1680.